The molecule has 0 radical (unpaired) electrons. The third-order valence-corrected chi connectivity index (χ3v) is 2.89. The number of rotatable bonds is 7. The molecule has 2 N–H and O–H groups in total. The molecule has 0 unspecified atom stereocenters. The first kappa shape index (κ1) is 13.5. The van der Waals surface area contributed by atoms with E-state index in [4.69, 9.17) is 10.5 Å². The first-order valence-corrected chi connectivity index (χ1v) is 6.77. The molecule has 2 aromatic rings. The highest BCUT2D eigenvalue weighted by Crippen LogP contribution is 2.11. The van der Waals surface area contributed by atoms with Gasteiger partial charge in [-0.1, -0.05) is 19.1 Å². The molecule has 0 bridgehead atoms. The fourth-order valence-electron chi connectivity index (χ4n) is 1.99. The van der Waals surface area contributed by atoms with E-state index in [1.54, 1.807) is 6.20 Å². The highest BCUT2D eigenvalue weighted by molar-refractivity contribution is 5.40. The largest absolute Gasteiger partial charge is 0.490 e. The van der Waals surface area contributed by atoms with Gasteiger partial charge in [0.2, 0.25) is 0 Å². The Labute approximate surface area is 114 Å². The van der Waals surface area contributed by atoms with Gasteiger partial charge in [-0.2, -0.15) is 5.10 Å². The summed E-state index contributed by atoms with van der Waals surface area (Å²) >= 11 is 0. The van der Waals surface area contributed by atoms with Gasteiger partial charge in [0.1, 0.15) is 0 Å². The normalized spacial score (nSPS) is 10.6. The summed E-state index contributed by atoms with van der Waals surface area (Å²) in [7, 11) is 0. The van der Waals surface area contributed by atoms with Gasteiger partial charge in [0, 0.05) is 12.2 Å². The second-order valence-corrected chi connectivity index (χ2v) is 4.64. The SMILES string of the molecule is CCCn1cc(OCCCc2cccc(N)c2)cn1. The van der Waals surface area contributed by atoms with E-state index in [-0.39, 0.29) is 0 Å². The minimum absolute atomic E-state index is 0.701. The van der Waals surface area contributed by atoms with Crippen molar-refractivity contribution in [3.63, 3.8) is 0 Å². The first-order valence-electron chi connectivity index (χ1n) is 6.77. The van der Waals surface area contributed by atoms with Crippen LogP contribution in [0.4, 0.5) is 5.69 Å². The monoisotopic (exact) mass is 259 g/mol. The Morgan fingerprint density at radius 2 is 2.26 bits per heavy atom. The van der Waals surface area contributed by atoms with Gasteiger partial charge in [-0.3, -0.25) is 4.68 Å². The van der Waals surface area contributed by atoms with Gasteiger partial charge in [0.25, 0.3) is 0 Å². The second kappa shape index (κ2) is 6.83. The molecule has 0 fully saturated rings. The van der Waals surface area contributed by atoms with Crippen LogP contribution in [-0.2, 0) is 13.0 Å². The summed E-state index contributed by atoms with van der Waals surface area (Å²) in [6.07, 6.45) is 6.76. The van der Waals surface area contributed by atoms with E-state index in [9.17, 15) is 0 Å². The van der Waals surface area contributed by atoms with Gasteiger partial charge in [-0.15, -0.1) is 0 Å². The lowest BCUT2D eigenvalue weighted by Gasteiger charge is -2.04. The lowest BCUT2D eigenvalue weighted by Crippen LogP contribution is -1.99. The van der Waals surface area contributed by atoms with Crippen LogP contribution in [0.25, 0.3) is 0 Å². The van der Waals surface area contributed by atoms with E-state index < -0.39 is 0 Å². The molecule has 4 nitrogen and oxygen atoms in total. The average Bonchev–Trinajstić information content (AvgIpc) is 2.83. The fraction of sp³-hybridized carbons (Fsp3) is 0.400. The maximum absolute atomic E-state index is 5.74. The van der Waals surface area contributed by atoms with Gasteiger partial charge >= 0.3 is 0 Å². The minimum atomic E-state index is 0.701. The standard InChI is InChI=1S/C15H21N3O/c1-2-8-18-12-15(11-17-18)19-9-4-6-13-5-3-7-14(16)10-13/h3,5,7,10-12H,2,4,6,8-9,16H2,1H3. The summed E-state index contributed by atoms with van der Waals surface area (Å²) < 4.78 is 7.58. The predicted octanol–water partition coefficient (Wildman–Crippen LogP) is 2.89. The van der Waals surface area contributed by atoms with Crippen molar-refractivity contribution in [2.75, 3.05) is 12.3 Å². The van der Waals surface area contributed by atoms with Gasteiger partial charge < -0.3 is 10.5 Å². The van der Waals surface area contributed by atoms with Crippen LogP contribution in [0.15, 0.2) is 36.7 Å². The van der Waals surface area contributed by atoms with Crippen LogP contribution in [0.1, 0.15) is 25.3 Å². The predicted molar refractivity (Wildman–Crippen MR) is 77.2 cm³/mol. The van der Waals surface area contributed by atoms with Crippen LogP contribution in [0, 0.1) is 0 Å². The van der Waals surface area contributed by atoms with Crippen LogP contribution in [-0.4, -0.2) is 16.4 Å². The van der Waals surface area contributed by atoms with Crippen molar-refractivity contribution >= 4 is 5.69 Å². The summed E-state index contributed by atoms with van der Waals surface area (Å²) in [5.74, 6) is 0.848. The molecule has 0 saturated heterocycles. The number of nitrogens with zero attached hydrogens (tertiary/aromatic N) is 2. The molecule has 0 aliphatic rings. The molecule has 0 amide bonds. The summed E-state index contributed by atoms with van der Waals surface area (Å²) in [5.41, 5.74) is 7.82. The second-order valence-electron chi connectivity index (χ2n) is 4.64. The summed E-state index contributed by atoms with van der Waals surface area (Å²) in [5, 5.41) is 4.23. The third kappa shape index (κ3) is 4.32. The minimum Gasteiger partial charge on any atom is -0.490 e. The maximum Gasteiger partial charge on any atom is 0.157 e. The number of aromatic nitrogens is 2. The topological polar surface area (TPSA) is 53.1 Å². The number of nitrogens with two attached hydrogens (primary N) is 1. The molecule has 0 saturated carbocycles. The Kier molecular flexibility index (Phi) is 4.84. The number of hydrogen-bond donors (Lipinski definition) is 1. The molecule has 0 spiro atoms. The van der Waals surface area contributed by atoms with E-state index in [0.717, 1.165) is 37.2 Å². The summed E-state index contributed by atoms with van der Waals surface area (Å²) in [6, 6.07) is 8.00. The average molecular weight is 259 g/mol. The van der Waals surface area contributed by atoms with Crippen molar-refractivity contribution in [2.24, 2.45) is 0 Å². The zero-order chi connectivity index (χ0) is 13.5. The molecule has 102 valence electrons. The quantitative estimate of drug-likeness (QED) is 0.614. The molecule has 0 aliphatic carbocycles. The molecule has 0 atom stereocenters. The van der Waals surface area contributed by atoms with Crippen LogP contribution >= 0.6 is 0 Å². The van der Waals surface area contributed by atoms with Gasteiger partial charge in [-0.25, -0.2) is 0 Å². The number of anilines is 1. The van der Waals surface area contributed by atoms with Crippen molar-refractivity contribution in [1.82, 2.24) is 9.78 Å². The Morgan fingerprint density at radius 1 is 1.37 bits per heavy atom. The Hall–Kier alpha value is -1.97. The van der Waals surface area contributed by atoms with Gasteiger partial charge in [0.15, 0.2) is 5.75 Å². The lowest BCUT2D eigenvalue weighted by atomic mass is 10.1. The van der Waals surface area contributed by atoms with Crippen LogP contribution in [0.5, 0.6) is 5.75 Å². The van der Waals surface area contributed by atoms with E-state index in [0.29, 0.717) is 6.61 Å². The summed E-state index contributed by atoms with van der Waals surface area (Å²) in [4.78, 5) is 0. The van der Waals surface area contributed by atoms with Crippen LogP contribution in [0.3, 0.4) is 0 Å². The fourth-order valence-corrected chi connectivity index (χ4v) is 1.99. The van der Waals surface area contributed by atoms with Gasteiger partial charge in [0.05, 0.1) is 19.0 Å². The van der Waals surface area contributed by atoms with Crippen LogP contribution < -0.4 is 10.5 Å². The first-order chi connectivity index (χ1) is 9.28. The molecular weight excluding hydrogens is 238 g/mol. The number of ether oxygens (including phenoxy) is 1. The highest BCUT2D eigenvalue weighted by atomic mass is 16.5. The van der Waals surface area contributed by atoms with Crippen molar-refractivity contribution in [2.45, 2.75) is 32.7 Å². The lowest BCUT2D eigenvalue weighted by molar-refractivity contribution is 0.310. The highest BCUT2D eigenvalue weighted by Gasteiger charge is 1.99. The molecule has 19 heavy (non-hydrogen) atoms. The zero-order valence-electron chi connectivity index (χ0n) is 11.4. The third-order valence-electron chi connectivity index (χ3n) is 2.89. The smallest absolute Gasteiger partial charge is 0.157 e. The molecule has 1 aromatic heterocycles. The number of nitrogen functional groups attached to an aromatic ring is 1. The maximum atomic E-state index is 5.74. The molecule has 1 heterocycles. The van der Waals surface area contributed by atoms with Crippen molar-refractivity contribution in [1.29, 1.82) is 0 Å². The molecule has 2 rings (SSSR count). The van der Waals surface area contributed by atoms with Crippen LogP contribution in [0.2, 0.25) is 0 Å². The van der Waals surface area contributed by atoms with Crippen molar-refractivity contribution in [3.8, 4) is 5.75 Å². The number of hydrogen-bond acceptors (Lipinski definition) is 3. The van der Waals surface area contributed by atoms with Gasteiger partial charge in [-0.05, 0) is 37.0 Å². The molecule has 4 heteroatoms. The Balaban J connectivity index is 1.71. The summed E-state index contributed by atoms with van der Waals surface area (Å²) in [6.45, 7) is 3.77. The Bertz CT molecular complexity index is 508. The zero-order valence-corrected chi connectivity index (χ0v) is 11.4. The van der Waals surface area contributed by atoms with E-state index >= 15 is 0 Å². The van der Waals surface area contributed by atoms with Crippen molar-refractivity contribution in [3.05, 3.63) is 42.2 Å². The number of benzene rings is 1. The van der Waals surface area contributed by atoms with E-state index in [1.165, 1.54) is 5.56 Å². The van der Waals surface area contributed by atoms with E-state index in [2.05, 4.69) is 18.1 Å². The molecule has 1 aromatic carbocycles. The molecule has 0 aliphatic heterocycles. The number of aryl methyl sites for hydroxylation is 2. The Morgan fingerprint density at radius 3 is 3.05 bits per heavy atom. The molecular formula is C15H21N3O. The van der Waals surface area contributed by atoms with Crippen molar-refractivity contribution < 1.29 is 4.74 Å². The van der Waals surface area contributed by atoms with E-state index in [1.807, 2.05) is 29.1 Å².